The largest absolute Gasteiger partial charge is 0.465 e. The van der Waals surface area contributed by atoms with Crippen molar-refractivity contribution in [3.63, 3.8) is 0 Å². The van der Waals surface area contributed by atoms with Gasteiger partial charge in [-0.05, 0) is 53.4 Å². The summed E-state index contributed by atoms with van der Waals surface area (Å²) in [5.74, 6) is -0.223. The van der Waals surface area contributed by atoms with Gasteiger partial charge in [0.25, 0.3) is 0 Å². The third kappa shape index (κ3) is 3.76. The van der Waals surface area contributed by atoms with Crippen molar-refractivity contribution in [2.75, 3.05) is 13.2 Å². The lowest BCUT2D eigenvalue weighted by Crippen LogP contribution is -2.52. The average molecular weight is 296 g/mol. The molecule has 2 fully saturated rings. The molecule has 5 nitrogen and oxygen atoms in total. The van der Waals surface area contributed by atoms with Gasteiger partial charge in [-0.15, -0.1) is 0 Å². The highest BCUT2D eigenvalue weighted by molar-refractivity contribution is 5.86. The molecule has 0 aromatic heterocycles. The average Bonchev–Trinajstić information content (AvgIpc) is 3.21. The van der Waals surface area contributed by atoms with Crippen molar-refractivity contribution >= 4 is 11.9 Å². The number of carbonyl (C=O) groups is 2. The minimum absolute atomic E-state index is 0.0751. The summed E-state index contributed by atoms with van der Waals surface area (Å²) in [6, 6.07) is 0.940. The second kappa shape index (κ2) is 6.77. The SMILES string of the molecule is CCOC(=O)CN(C(=O)C(C)N1C(C)CCC1C)C1CC1. The van der Waals surface area contributed by atoms with Gasteiger partial charge >= 0.3 is 5.97 Å². The maximum atomic E-state index is 12.8. The molecule has 0 N–H and O–H groups in total. The fourth-order valence-corrected chi connectivity index (χ4v) is 3.46. The zero-order chi connectivity index (χ0) is 15.6. The van der Waals surface area contributed by atoms with Crippen molar-refractivity contribution in [1.29, 1.82) is 0 Å². The maximum Gasteiger partial charge on any atom is 0.325 e. The van der Waals surface area contributed by atoms with Crippen LogP contribution in [0, 0.1) is 0 Å². The van der Waals surface area contributed by atoms with E-state index >= 15 is 0 Å². The van der Waals surface area contributed by atoms with Gasteiger partial charge < -0.3 is 9.64 Å². The van der Waals surface area contributed by atoms with Gasteiger partial charge in [0, 0.05) is 18.1 Å². The highest BCUT2D eigenvalue weighted by atomic mass is 16.5. The van der Waals surface area contributed by atoms with Crippen molar-refractivity contribution in [2.45, 2.75) is 77.5 Å². The Hall–Kier alpha value is -1.10. The zero-order valence-electron chi connectivity index (χ0n) is 13.7. The number of nitrogens with zero attached hydrogens (tertiary/aromatic N) is 2. The Morgan fingerprint density at radius 2 is 1.76 bits per heavy atom. The van der Waals surface area contributed by atoms with Crippen LogP contribution in [0.1, 0.15) is 53.4 Å². The van der Waals surface area contributed by atoms with Gasteiger partial charge in [-0.3, -0.25) is 14.5 Å². The van der Waals surface area contributed by atoms with Crippen LogP contribution in [0.4, 0.5) is 0 Å². The molecule has 0 radical (unpaired) electrons. The monoisotopic (exact) mass is 296 g/mol. The van der Waals surface area contributed by atoms with Gasteiger partial charge in [-0.2, -0.15) is 0 Å². The van der Waals surface area contributed by atoms with Gasteiger partial charge in [-0.25, -0.2) is 0 Å². The quantitative estimate of drug-likeness (QED) is 0.701. The van der Waals surface area contributed by atoms with Crippen LogP contribution >= 0.6 is 0 Å². The van der Waals surface area contributed by atoms with Gasteiger partial charge in [-0.1, -0.05) is 0 Å². The van der Waals surface area contributed by atoms with E-state index < -0.39 is 0 Å². The predicted octanol–water partition coefficient (Wildman–Crippen LogP) is 1.80. The molecule has 2 aliphatic rings. The molecule has 0 spiro atoms. The first kappa shape index (κ1) is 16.3. The van der Waals surface area contributed by atoms with E-state index in [1.54, 1.807) is 11.8 Å². The molecular formula is C16H28N2O3. The number of hydrogen-bond donors (Lipinski definition) is 0. The summed E-state index contributed by atoms with van der Waals surface area (Å²) in [4.78, 5) is 28.6. The van der Waals surface area contributed by atoms with Crippen molar-refractivity contribution < 1.29 is 14.3 Å². The lowest BCUT2D eigenvalue weighted by Gasteiger charge is -2.35. The number of ether oxygens (including phenoxy) is 1. The molecule has 1 amide bonds. The van der Waals surface area contributed by atoms with E-state index in [2.05, 4.69) is 18.7 Å². The molecule has 0 bridgehead atoms. The topological polar surface area (TPSA) is 49.9 Å². The van der Waals surface area contributed by atoms with E-state index in [1.807, 2.05) is 6.92 Å². The Balaban J connectivity index is 2.02. The second-order valence-electron chi connectivity index (χ2n) is 6.40. The molecule has 3 unspecified atom stereocenters. The molecule has 120 valence electrons. The Kier molecular flexibility index (Phi) is 5.25. The minimum atomic E-state index is -0.299. The van der Waals surface area contributed by atoms with Crippen LogP contribution in [0.2, 0.25) is 0 Å². The van der Waals surface area contributed by atoms with E-state index in [-0.39, 0.29) is 30.5 Å². The minimum Gasteiger partial charge on any atom is -0.465 e. The summed E-state index contributed by atoms with van der Waals surface area (Å²) in [5.41, 5.74) is 0. The standard InChI is InChI=1S/C16H28N2O3/c1-5-21-15(19)10-17(14-8-9-14)16(20)13(4)18-11(2)6-7-12(18)3/h11-14H,5-10H2,1-4H3. The first-order chi connectivity index (χ1) is 9.95. The molecule has 1 saturated carbocycles. The number of hydrogen-bond acceptors (Lipinski definition) is 4. The molecule has 1 aliphatic heterocycles. The first-order valence-electron chi connectivity index (χ1n) is 8.19. The Morgan fingerprint density at radius 1 is 1.19 bits per heavy atom. The molecule has 0 aromatic carbocycles. The molecule has 21 heavy (non-hydrogen) atoms. The van der Waals surface area contributed by atoms with Crippen LogP contribution < -0.4 is 0 Å². The van der Waals surface area contributed by atoms with E-state index in [0.717, 1.165) is 25.7 Å². The van der Waals surface area contributed by atoms with Gasteiger partial charge in [0.05, 0.1) is 12.6 Å². The molecule has 1 heterocycles. The summed E-state index contributed by atoms with van der Waals surface area (Å²) in [7, 11) is 0. The smallest absolute Gasteiger partial charge is 0.325 e. The molecule has 0 aromatic rings. The number of rotatable bonds is 6. The Bertz CT molecular complexity index is 385. The second-order valence-corrected chi connectivity index (χ2v) is 6.40. The van der Waals surface area contributed by atoms with Crippen LogP contribution in [-0.4, -0.2) is 59.0 Å². The van der Waals surface area contributed by atoms with Crippen molar-refractivity contribution in [2.24, 2.45) is 0 Å². The predicted molar refractivity (Wildman–Crippen MR) is 80.8 cm³/mol. The normalized spacial score (nSPS) is 27.4. The van der Waals surface area contributed by atoms with Gasteiger partial charge in [0.15, 0.2) is 0 Å². The number of likely N-dealkylation sites (tertiary alicyclic amines) is 1. The fourth-order valence-electron chi connectivity index (χ4n) is 3.46. The molecule has 3 atom stereocenters. The molecule has 1 aliphatic carbocycles. The maximum absolute atomic E-state index is 12.8. The van der Waals surface area contributed by atoms with Crippen LogP contribution in [0.15, 0.2) is 0 Å². The molecule has 5 heteroatoms. The van der Waals surface area contributed by atoms with Crippen LogP contribution in [-0.2, 0) is 14.3 Å². The van der Waals surface area contributed by atoms with E-state index in [1.165, 1.54) is 0 Å². The lowest BCUT2D eigenvalue weighted by atomic mass is 10.2. The Labute approximate surface area is 127 Å². The molecule has 1 saturated heterocycles. The highest BCUT2D eigenvalue weighted by Crippen LogP contribution is 2.31. The highest BCUT2D eigenvalue weighted by Gasteiger charge is 2.41. The van der Waals surface area contributed by atoms with Crippen molar-refractivity contribution in [3.05, 3.63) is 0 Å². The number of amides is 1. The van der Waals surface area contributed by atoms with E-state index in [9.17, 15) is 9.59 Å². The zero-order valence-corrected chi connectivity index (χ0v) is 13.7. The Morgan fingerprint density at radius 3 is 2.24 bits per heavy atom. The van der Waals surface area contributed by atoms with Crippen LogP contribution in [0.5, 0.6) is 0 Å². The van der Waals surface area contributed by atoms with Gasteiger partial charge in [0.2, 0.25) is 5.91 Å². The van der Waals surface area contributed by atoms with Crippen molar-refractivity contribution in [3.8, 4) is 0 Å². The van der Waals surface area contributed by atoms with Gasteiger partial charge in [0.1, 0.15) is 6.54 Å². The van der Waals surface area contributed by atoms with Crippen molar-refractivity contribution in [1.82, 2.24) is 9.80 Å². The number of carbonyl (C=O) groups excluding carboxylic acids is 2. The first-order valence-corrected chi connectivity index (χ1v) is 8.19. The van der Waals surface area contributed by atoms with Crippen LogP contribution in [0.3, 0.4) is 0 Å². The summed E-state index contributed by atoms with van der Waals surface area (Å²) in [5, 5.41) is 0. The molecule has 2 rings (SSSR count). The summed E-state index contributed by atoms with van der Waals surface area (Å²) in [6.07, 6.45) is 4.28. The third-order valence-corrected chi connectivity index (χ3v) is 4.70. The lowest BCUT2D eigenvalue weighted by molar-refractivity contribution is -0.151. The third-order valence-electron chi connectivity index (χ3n) is 4.70. The summed E-state index contributed by atoms with van der Waals surface area (Å²) >= 11 is 0. The van der Waals surface area contributed by atoms with Crippen LogP contribution in [0.25, 0.3) is 0 Å². The van der Waals surface area contributed by atoms with E-state index in [0.29, 0.717) is 18.7 Å². The van der Waals surface area contributed by atoms with E-state index in [4.69, 9.17) is 4.74 Å². The molecular weight excluding hydrogens is 268 g/mol. The number of esters is 1. The summed E-state index contributed by atoms with van der Waals surface area (Å²) < 4.78 is 5.00. The fraction of sp³-hybridized carbons (Fsp3) is 0.875. The summed E-state index contributed by atoms with van der Waals surface area (Å²) in [6.45, 7) is 8.58.